The second-order valence-corrected chi connectivity index (χ2v) is 5.50. The van der Waals surface area contributed by atoms with Gasteiger partial charge in [-0.3, -0.25) is 4.90 Å². The maximum absolute atomic E-state index is 5.81. The summed E-state index contributed by atoms with van der Waals surface area (Å²) >= 11 is 0. The highest BCUT2D eigenvalue weighted by molar-refractivity contribution is 4.80. The zero-order chi connectivity index (χ0) is 12.8. The van der Waals surface area contributed by atoms with Crippen molar-refractivity contribution in [3.05, 3.63) is 0 Å². The molecule has 0 aromatic rings. The number of rotatable bonds is 5. The van der Waals surface area contributed by atoms with Crippen LogP contribution in [0.4, 0.5) is 0 Å². The van der Waals surface area contributed by atoms with Gasteiger partial charge in [-0.25, -0.2) is 0 Å². The summed E-state index contributed by atoms with van der Waals surface area (Å²) < 4.78 is 11.2. The van der Waals surface area contributed by atoms with Crippen LogP contribution in [0.1, 0.15) is 32.6 Å². The summed E-state index contributed by atoms with van der Waals surface area (Å²) in [6.07, 6.45) is 5.73. The average Bonchev–Trinajstić information content (AvgIpc) is 2.46. The first-order chi connectivity index (χ1) is 8.81. The molecule has 0 aromatic carbocycles. The molecular formula is C14H28N2O2. The van der Waals surface area contributed by atoms with Crippen molar-refractivity contribution in [1.29, 1.82) is 0 Å². The van der Waals surface area contributed by atoms with Gasteiger partial charge in [-0.2, -0.15) is 0 Å². The molecule has 1 saturated carbocycles. The summed E-state index contributed by atoms with van der Waals surface area (Å²) in [7, 11) is 1.83. The zero-order valence-electron chi connectivity index (χ0n) is 11.9. The number of methoxy groups -OCH3 is 1. The molecule has 0 aromatic heterocycles. The maximum Gasteiger partial charge on any atom is 0.0826 e. The lowest BCUT2D eigenvalue weighted by Crippen LogP contribution is -2.48. The standard InChI is InChI=1S/C14H28N2O2/c1-3-16-8-9-18-14(11-16)10-15-12-4-6-13(17-2)7-5-12/h12-15H,3-11H2,1-2H3. The van der Waals surface area contributed by atoms with Gasteiger partial charge in [0.15, 0.2) is 0 Å². The van der Waals surface area contributed by atoms with Gasteiger partial charge < -0.3 is 14.8 Å². The normalized spacial score (nSPS) is 34.7. The Bertz CT molecular complexity index is 230. The first-order valence-corrected chi connectivity index (χ1v) is 7.42. The molecule has 18 heavy (non-hydrogen) atoms. The predicted molar refractivity (Wildman–Crippen MR) is 72.9 cm³/mol. The van der Waals surface area contributed by atoms with Gasteiger partial charge in [-0.1, -0.05) is 6.92 Å². The molecule has 1 atom stereocenters. The molecule has 0 bridgehead atoms. The van der Waals surface area contributed by atoms with Gasteiger partial charge in [0, 0.05) is 32.8 Å². The highest BCUT2D eigenvalue weighted by Gasteiger charge is 2.23. The lowest BCUT2D eigenvalue weighted by molar-refractivity contribution is -0.0277. The molecule has 106 valence electrons. The van der Waals surface area contributed by atoms with Gasteiger partial charge >= 0.3 is 0 Å². The zero-order valence-corrected chi connectivity index (χ0v) is 11.9. The molecule has 1 saturated heterocycles. The van der Waals surface area contributed by atoms with Crippen LogP contribution in [0.15, 0.2) is 0 Å². The molecule has 2 fully saturated rings. The molecule has 4 nitrogen and oxygen atoms in total. The van der Waals surface area contributed by atoms with Crippen LogP contribution in [0.3, 0.4) is 0 Å². The number of hydrogen-bond acceptors (Lipinski definition) is 4. The minimum Gasteiger partial charge on any atom is -0.381 e. The Morgan fingerprint density at radius 1 is 1.28 bits per heavy atom. The van der Waals surface area contributed by atoms with Gasteiger partial charge in [-0.15, -0.1) is 0 Å². The van der Waals surface area contributed by atoms with E-state index in [1.54, 1.807) is 0 Å². The second kappa shape index (κ2) is 7.43. The Morgan fingerprint density at radius 3 is 2.72 bits per heavy atom. The molecule has 0 spiro atoms. The van der Waals surface area contributed by atoms with Crippen LogP contribution in [0.2, 0.25) is 0 Å². The Hall–Kier alpha value is -0.160. The van der Waals surface area contributed by atoms with Crippen molar-refractivity contribution in [2.75, 3.05) is 39.9 Å². The van der Waals surface area contributed by atoms with Gasteiger partial charge in [0.25, 0.3) is 0 Å². The number of nitrogens with one attached hydrogen (secondary N) is 1. The van der Waals surface area contributed by atoms with Crippen molar-refractivity contribution in [3.8, 4) is 0 Å². The van der Waals surface area contributed by atoms with E-state index in [4.69, 9.17) is 9.47 Å². The number of nitrogens with zero attached hydrogens (tertiary/aromatic N) is 1. The Balaban J connectivity index is 1.63. The van der Waals surface area contributed by atoms with Crippen LogP contribution in [0.5, 0.6) is 0 Å². The summed E-state index contributed by atoms with van der Waals surface area (Å²) in [5.74, 6) is 0. The first kappa shape index (κ1) is 14.3. The molecule has 0 radical (unpaired) electrons. The molecule has 0 amide bonds. The van der Waals surface area contributed by atoms with Crippen LogP contribution in [-0.2, 0) is 9.47 Å². The summed E-state index contributed by atoms with van der Waals surface area (Å²) in [5.41, 5.74) is 0. The van der Waals surface area contributed by atoms with E-state index >= 15 is 0 Å². The SMILES string of the molecule is CCN1CCOC(CNC2CCC(OC)CC2)C1. The molecule has 1 aliphatic heterocycles. The Labute approximate surface area is 111 Å². The van der Waals surface area contributed by atoms with Crippen molar-refractivity contribution >= 4 is 0 Å². The van der Waals surface area contributed by atoms with Crippen molar-refractivity contribution in [2.45, 2.75) is 50.9 Å². The van der Waals surface area contributed by atoms with Crippen LogP contribution < -0.4 is 5.32 Å². The van der Waals surface area contributed by atoms with E-state index in [0.29, 0.717) is 18.2 Å². The number of likely N-dealkylation sites (N-methyl/N-ethyl adjacent to an activating group) is 1. The largest absolute Gasteiger partial charge is 0.381 e. The smallest absolute Gasteiger partial charge is 0.0826 e. The van der Waals surface area contributed by atoms with Gasteiger partial charge in [0.2, 0.25) is 0 Å². The number of morpholine rings is 1. The molecule has 1 unspecified atom stereocenters. The lowest BCUT2D eigenvalue weighted by Gasteiger charge is -2.34. The minimum atomic E-state index is 0.374. The van der Waals surface area contributed by atoms with E-state index in [-0.39, 0.29) is 0 Å². The number of hydrogen-bond donors (Lipinski definition) is 1. The highest BCUT2D eigenvalue weighted by atomic mass is 16.5. The first-order valence-electron chi connectivity index (χ1n) is 7.42. The van der Waals surface area contributed by atoms with Gasteiger partial charge in [0.05, 0.1) is 18.8 Å². The molecule has 2 aliphatic rings. The third-order valence-electron chi connectivity index (χ3n) is 4.31. The van der Waals surface area contributed by atoms with Crippen molar-refractivity contribution in [3.63, 3.8) is 0 Å². The van der Waals surface area contributed by atoms with E-state index in [9.17, 15) is 0 Å². The summed E-state index contributed by atoms with van der Waals surface area (Å²) in [5, 5.41) is 3.67. The third-order valence-corrected chi connectivity index (χ3v) is 4.31. The van der Waals surface area contributed by atoms with Crippen LogP contribution >= 0.6 is 0 Å². The molecule has 1 N–H and O–H groups in total. The quantitative estimate of drug-likeness (QED) is 0.803. The van der Waals surface area contributed by atoms with E-state index < -0.39 is 0 Å². The van der Waals surface area contributed by atoms with Gasteiger partial charge in [-0.05, 0) is 32.2 Å². The predicted octanol–water partition coefficient (Wildman–Crippen LogP) is 1.25. The fourth-order valence-electron chi connectivity index (χ4n) is 2.99. The Morgan fingerprint density at radius 2 is 2.06 bits per heavy atom. The van der Waals surface area contributed by atoms with E-state index in [1.165, 1.54) is 25.7 Å². The Kier molecular flexibility index (Phi) is 5.89. The molecule has 1 heterocycles. The maximum atomic E-state index is 5.81. The van der Waals surface area contributed by atoms with E-state index in [1.807, 2.05) is 7.11 Å². The van der Waals surface area contributed by atoms with Crippen LogP contribution in [-0.4, -0.2) is 63.0 Å². The topological polar surface area (TPSA) is 33.7 Å². The summed E-state index contributed by atoms with van der Waals surface area (Å²) in [6.45, 7) is 7.42. The lowest BCUT2D eigenvalue weighted by atomic mass is 9.93. The van der Waals surface area contributed by atoms with Crippen molar-refractivity contribution in [1.82, 2.24) is 10.2 Å². The second-order valence-electron chi connectivity index (χ2n) is 5.50. The van der Waals surface area contributed by atoms with Crippen molar-refractivity contribution < 1.29 is 9.47 Å². The highest BCUT2D eigenvalue weighted by Crippen LogP contribution is 2.20. The van der Waals surface area contributed by atoms with Crippen molar-refractivity contribution in [2.24, 2.45) is 0 Å². The summed E-state index contributed by atoms with van der Waals surface area (Å²) in [4.78, 5) is 2.47. The molecular weight excluding hydrogens is 228 g/mol. The number of ether oxygens (including phenoxy) is 2. The van der Waals surface area contributed by atoms with Crippen LogP contribution in [0.25, 0.3) is 0 Å². The average molecular weight is 256 g/mol. The van der Waals surface area contributed by atoms with E-state index in [2.05, 4.69) is 17.1 Å². The van der Waals surface area contributed by atoms with Gasteiger partial charge in [0.1, 0.15) is 0 Å². The summed E-state index contributed by atoms with van der Waals surface area (Å²) in [6, 6.07) is 0.664. The molecule has 2 rings (SSSR count). The fraction of sp³-hybridized carbons (Fsp3) is 1.00. The molecule has 1 aliphatic carbocycles. The monoisotopic (exact) mass is 256 g/mol. The minimum absolute atomic E-state index is 0.374. The molecule has 4 heteroatoms. The van der Waals surface area contributed by atoms with Crippen LogP contribution in [0, 0.1) is 0 Å². The van der Waals surface area contributed by atoms with E-state index in [0.717, 1.165) is 32.8 Å². The third kappa shape index (κ3) is 4.19. The fourth-order valence-corrected chi connectivity index (χ4v) is 2.99.